The van der Waals surface area contributed by atoms with Crippen LogP contribution in [-0.2, 0) is 4.79 Å². The number of rotatable bonds is 5. The molecule has 4 heteroatoms. The smallest absolute Gasteiger partial charge is 0.335 e. The fourth-order valence-electron chi connectivity index (χ4n) is 1.37. The van der Waals surface area contributed by atoms with Crippen LogP contribution in [0.3, 0.4) is 0 Å². The Balaban J connectivity index is 2.57. The number of carboxylic acid groups (broad SMARTS) is 1. The minimum absolute atomic E-state index is 0.0394. The lowest BCUT2D eigenvalue weighted by molar-refractivity contribution is -0.117. The molecule has 0 heterocycles. The molecule has 0 saturated carbocycles. The molecule has 0 aromatic heterocycles. The van der Waals surface area contributed by atoms with Crippen molar-refractivity contribution >= 4 is 17.6 Å². The van der Waals surface area contributed by atoms with Gasteiger partial charge in [0, 0.05) is 12.1 Å². The van der Waals surface area contributed by atoms with Gasteiger partial charge >= 0.3 is 5.97 Å². The molecule has 0 fully saturated rings. The highest BCUT2D eigenvalue weighted by Gasteiger charge is 2.08. The van der Waals surface area contributed by atoms with Crippen molar-refractivity contribution in [1.82, 2.24) is 0 Å². The summed E-state index contributed by atoms with van der Waals surface area (Å²) in [5.41, 5.74) is 0.841. The van der Waals surface area contributed by atoms with E-state index in [1.807, 2.05) is 13.8 Å². The van der Waals surface area contributed by atoms with E-state index in [4.69, 9.17) is 5.11 Å². The zero-order chi connectivity index (χ0) is 12.8. The van der Waals surface area contributed by atoms with Crippen molar-refractivity contribution in [2.75, 3.05) is 5.32 Å². The molecule has 0 bridgehead atoms. The Labute approximate surface area is 101 Å². The second-order valence-corrected chi connectivity index (χ2v) is 4.15. The number of carbonyl (C=O) groups excluding carboxylic acids is 1. The molecule has 1 atom stereocenters. The lowest BCUT2D eigenvalue weighted by Gasteiger charge is -2.09. The lowest BCUT2D eigenvalue weighted by Crippen LogP contribution is -2.14. The highest BCUT2D eigenvalue weighted by atomic mass is 16.4. The lowest BCUT2D eigenvalue weighted by atomic mass is 10.0. The first-order valence-electron chi connectivity index (χ1n) is 5.66. The van der Waals surface area contributed by atoms with Crippen LogP contribution in [0.1, 0.15) is 37.0 Å². The number of amides is 1. The Morgan fingerprint density at radius 1 is 1.29 bits per heavy atom. The molecule has 0 aliphatic heterocycles. The van der Waals surface area contributed by atoms with E-state index in [2.05, 4.69) is 5.32 Å². The summed E-state index contributed by atoms with van der Waals surface area (Å²) in [6.07, 6.45) is 1.45. The van der Waals surface area contributed by atoms with Crippen molar-refractivity contribution in [2.45, 2.75) is 26.7 Å². The average Bonchev–Trinajstić information content (AvgIpc) is 2.29. The van der Waals surface area contributed by atoms with Gasteiger partial charge in [-0.1, -0.05) is 20.3 Å². The first-order chi connectivity index (χ1) is 8.02. The van der Waals surface area contributed by atoms with Gasteiger partial charge < -0.3 is 10.4 Å². The number of hydrogen-bond acceptors (Lipinski definition) is 2. The Morgan fingerprint density at radius 3 is 2.35 bits per heavy atom. The average molecular weight is 235 g/mol. The Hall–Kier alpha value is -1.84. The van der Waals surface area contributed by atoms with Crippen molar-refractivity contribution in [2.24, 2.45) is 5.92 Å². The topological polar surface area (TPSA) is 66.4 Å². The zero-order valence-corrected chi connectivity index (χ0v) is 10.1. The van der Waals surface area contributed by atoms with Gasteiger partial charge in [0.05, 0.1) is 5.56 Å². The first kappa shape index (κ1) is 13.2. The van der Waals surface area contributed by atoms with Crippen LogP contribution >= 0.6 is 0 Å². The molecule has 17 heavy (non-hydrogen) atoms. The molecular weight excluding hydrogens is 218 g/mol. The van der Waals surface area contributed by atoms with Crippen LogP contribution in [0, 0.1) is 5.92 Å². The molecule has 0 saturated heterocycles. The summed E-state index contributed by atoms with van der Waals surface area (Å²) in [5, 5.41) is 11.5. The number of nitrogens with one attached hydrogen (secondary N) is 1. The molecule has 92 valence electrons. The third-order valence-corrected chi connectivity index (χ3v) is 2.65. The summed E-state index contributed by atoms with van der Waals surface area (Å²) < 4.78 is 0. The Morgan fingerprint density at radius 2 is 1.88 bits per heavy atom. The maximum absolute atomic E-state index is 11.6. The van der Waals surface area contributed by atoms with E-state index in [0.717, 1.165) is 6.42 Å². The summed E-state index contributed by atoms with van der Waals surface area (Å²) in [4.78, 5) is 22.2. The predicted octanol–water partition coefficient (Wildman–Crippen LogP) is 2.76. The summed E-state index contributed by atoms with van der Waals surface area (Å²) in [6, 6.07) is 6.14. The minimum Gasteiger partial charge on any atom is -0.478 e. The van der Waals surface area contributed by atoms with E-state index < -0.39 is 5.97 Å². The summed E-state index contributed by atoms with van der Waals surface area (Å²) in [6.45, 7) is 4.06. The van der Waals surface area contributed by atoms with E-state index >= 15 is 0 Å². The molecule has 0 radical (unpaired) electrons. The summed E-state index contributed by atoms with van der Waals surface area (Å²) in [5.74, 6) is -0.654. The molecule has 0 aliphatic rings. The fourth-order valence-corrected chi connectivity index (χ4v) is 1.37. The predicted molar refractivity (Wildman–Crippen MR) is 66.1 cm³/mol. The van der Waals surface area contributed by atoms with Crippen molar-refractivity contribution in [3.05, 3.63) is 29.8 Å². The van der Waals surface area contributed by atoms with Crippen LogP contribution < -0.4 is 5.32 Å². The van der Waals surface area contributed by atoms with Gasteiger partial charge in [0.25, 0.3) is 0 Å². The second-order valence-electron chi connectivity index (χ2n) is 4.15. The number of carbonyl (C=O) groups is 2. The first-order valence-corrected chi connectivity index (χ1v) is 5.66. The van der Waals surface area contributed by atoms with E-state index in [0.29, 0.717) is 18.0 Å². The maximum atomic E-state index is 11.6. The van der Waals surface area contributed by atoms with Gasteiger partial charge in [0.15, 0.2) is 0 Å². The van der Waals surface area contributed by atoms with Gasteiger partial charge in [-0.15, -0.1) is 0 Å². The number of anilines is 1. The van der Waals surface area contributed by atoms with Crippen LogP contribution in [0.5, 0.6) is 0 Å². The van der Waals surface area contributed by atoms with Crippen LogP contribution in [0.4, 0.5) is 5.69 Å². The summed E-state index contributed by atoms with van der Waals surface area (Å²) >= 11 is 0. The van der Waals surface area contributed by atoms with E-state index in [1.165, 1.54) is 12.1 Å². The van der Waals surface area contributed by atoms with Crippen molar-refractivity contribution in [3.8, 4) is 0 Å². The van der Waals surface area contributed by atoms with Gasteiger partial charge in [0.1, 0.15) is 0 Å². The van der Waals surface area contributed by atoms with E-state index in [9.17, 15) is 9.59 Å². The number of benzene rings is 1. The van der Waals surface area contributed by atoms with E-state index in [-0.39, 0.29) is 11.5 Å². The fraction of sp³-hybridized carbons (Fsp3) is 0.385. The normalized spacial score (nSPS) is 11.9. The third kappa shape index (κ3) is 4.26. The largest absolute Gasteiger partial charge is 0.478 e. The van der Waals surface area contributed by atoms with Gasteiger partial charge in [-0.2, -0.15) is 0 Å². The standard InChI is InChI=1S/C13H17NO3/c1-3-9(2)8-12(15)14-11-6-4-10(5-7-11)13(16)17/h4-7,9H,3,8H2,1-2H3,(H,14,15)(H,16,17). The molecule has 1 rings (SSSR count). The molecule has 0 spiro atoms. The monoisotopic (exact) mass is 235 g/mol. The molecule has 1 aromatic rings. The highest BCUT2D eigenvalue weighted by molar-refractivity contribution is 5.92. The zero-order valence-electron chi connectivity index (χ0n) is 10.1. The van der Waals surface area contributed by atoms with Crippen molar-refractivity contribution < 1.29 is 14.7 Å². The van der Waals surface area contributed by atoms with Crippen LogP contribution in [0.25, 0.3) is 0 Å². The minimum atomic E-state index is -0.970. The quantitative estimate of drug-likeness (QED) is 0.824. The van der Waals surface area contributed by atoms with Crippen molar-refractivity contribution in [1.29, 1.82) is 0 Å². The van der Waals surface area contributed by atoms with Gasteiger partial charge in [-0.3, -0.25) is 4.79 Å². The summed E-state index contributed by atoms with van der Waals surface area (Å²) in [7, 11) is 0. The molecule has 1 amide bonds. The Kier molecular flexibility index (Phi) is 4.69. The molecule has 2 N–H and O–H groups in total. The Bertz CT molecular complexity index is 398. The van der Waals surface area contributed by atoms with Crippen LogP contribution in [-0.4, -0.2) is 17.0 Å². The van der Waals surface area contributed by atoms with Crippen LogP contribution in [0.2, 0.25) is 0 Å². The maximum Gasteiger partial charge on any atom is 0.335 e. The van der Waals surface area contributed by atoms with Crippen LogP contribution in [0.15, 0.2) is 24.3 Å². The van der Waals surface area contributed by atoms with Crippen molar-refractivity contribution in [3.63, 3.8) is 0 Å². The van der Waals surface area contributed by atoms with Gasteiger partial charge in [-0.25, -0.2) is 4.79 Å². The van der Waals surface area contributed by atoms with Gasteiger partial charge in [-0.05, 0) is 30.2 Å². The highest BCUT2D eigenvalue weighted by Crippen LogP contribution is 2.12. The number of hydrogen-bond donors (Lipinski definition) is 2. The SMILES string of the molecule is CCC(C)CC(=O)Nc1ccc(C(=O)O)cc1. The molecule has 4 nitrogen and oxygen atoms in total. The molecular formula is C13H17NO3. The molecule has 1 unspecified atom stereocenters. The number of carboxylic acids is 1. The third-order valence-electron chi connectivity index (χ3n) is 2.65. The van der Waals surface area contributed by atoms with Gasteiger partial charge in [0.2, 0.25) is 5.91 Å². The number of aromatic carboxylic acids is 1. The molecule has 0 aliphatic carbocycles. The van der Waals surface area contributed by atoms with E-state index in [1.54, 1.807) is 12.1 Å². The molecule has 1 aromatic carbocycles. The second kappa shape index (κ2) is 6.03.